The van der Waals surface area contributed by atoms with Crippen LogP contribution in [0.4, 0.5) is 5.82 Å². The Morgan fingerprint density at radius 3 is 3.00 bits per heavy atom. The molecular formula is C9H9N3. The highest BCUT2D eigenvalue weighted by atomic mass is 14.9. The molecule has 0 aliphatic carbocycles. The van der Waals surface area contributed by atoms with E-state index in [1.54, 1.807) is 6.20 Å². The van der Waals surface area contributed by atoms with Crippen LogP contribution in [0.3, 0.4) is 0 Å². The van der Waals surface area contributed by atoms with Crippen LogP contribution < -0.4 is 5.32 Å². The zero-order valence-electron chi connectivity index (χ0n) is 6.78. The van der Waals surface area contributed by atoms with E-state index in [2.05, 4.69) is 15.3 Å². The first-order chi connectivity index (χ1) is 5.90. The molecule has 0 bridgehead atoms. The van der Waals surface area contributed by atoms with Gasteiger partial charge in [-0.2, -0.15) is 0 Å². The van der Waals surface area contributed by atoms with E-state index in [1.807, 2.05) is 31.6 Å². The normalized spacial score (nSPS) is 10.1. The predicted octanol–water partition coefficient (Wildman–Crippen LogP) is 1.67. The Kier molecular flexibility index (Phi) is 1.63. The molecule has 0 aromatic carbocycles. The molecule has 2 heterocycles. The maximum atomic E-state index is 4.19. The molecular weight excluding hydrogens is 150 g/mol. The van der Waals surface area contributed by atoms with E-state index >= 15 is 0 Å². The lowest BCUT2D eigenvalue weighted by molar-refractivity contribution is 1.29. The van der Waals surface area contributed by atoms with Gasteiger partial charge in [0, 0.05) is 36.4 Å². The van der Waals surface area contributed by atoms with Crippen molar-refractivity contribution >= 4 is 16.6 Å². The van der Waals surface area contributed by atoms with Crippen molar-refractivity contribution in [2.75, 3.05) is 12.4 Å². The highest BCUT2D eigenvalue weighted by Crippen LogP contribution is 2.13. The summed E-state index contributed by atoms with van der Waals surface area (Å²) in [4.78, 5) is 8.22. The summed E-state index contributed by atoms with van der Waals surface area (Å²) in [6, 6.07) is 3.92. The number of aromatic nitrogens is 2. The number of pyridine rings is 2. The second kappa shape index (κ2) is 2.77. The summed E-state index contributed by atoms with van der Waals surface area (Å²) in [5, 5.41) is 5.20. The van der Waals surface area contributed by atoms with Gasteiger partial charge in [0.15, 0.2) is 0 Å². The zero-order chi connectivity index (χ0) is 8.39. The van der Waals surface area contributed by atoms with Gasteiger partial charge in [-0.3, -0.25) is 4.98 Å². The Bertz CT molecular complexity index is 398. The second-order valence-corrected chi connectivity index (χ2v) is 2.54. The Hall–Kier alpha value is -1.64. The van der Waals surface area contributed by atoms with E-state index in [4.69, 9.17) is 0 Å². The fraction of sp³-hybridized carbons (Fsp3) is 0.111. The molecule has 1 N–H and O–H groups in total. The van der Waals surface area contributed by atoms with Crippen LogP contribution in [0.1, 0.15) is 0 Å². The third-order valence-corrected chi connectivity index (χ3v) is 1.78. The molecule has 2 aromatic heterocycles. The van der Waals surface area contributed by atoms with Crippen molar-refractivity contribution in [3.05, 3.63) is 30.7 Å². The number of hydrogen-bond acceptors (Lipinski definition) is 3. The van der Waals surface area contributed by atoms with E-state index < -0.39 is 0 Å². The number of nitrogens with zero attached hydrogens (tertiary/aromatic N) is 2. The highest BCUT2D eigenvalue weighted by Gasteiger charge is 1.93. The van der Waals surface area contributed by atoms with Crippen LogP contribution >= 0.6 is 0 Å². The van der Waals surface area contributed by atoms with Crippen LogP contribution in [0.25, 0.3) is 10.8 Å². The Morgan fingerprint density at radius 1 is 1.25 bits per heavy atom. The number of fused-ring (bicyclic) bond motifs is 1. The molecule has 0 saturated carbocycles. The first-order valence-electron chi connectivity index (χ1n) is 3.77. The number of rotatable bonds is 1. The minimum absolute atomic E-state index is 0.871. The summed E-state index contributed by atoms with van der Waals surface area (Å²) < 4.78 is 0. The van der Waals surface area contributed by atoms with Gasteiger partial charge in [-0.15, -0.1) is 0 Å². The Morgan fingerprint density at radius 2 is 2.17 bits per heavy atom. The van der Waals surface area contributed by atoms with Crippen LogP contribution in [-0.2, 0) is 0 Å². The average Bonchev–Trinajstić information content (AvgIpc) is 2.17. The molecule has 2 aromatic rings. The summed E-state index contributed by atoms with van der Waals surface area (Å²) in [6.45, 7) is 0. The fourth-order valence-corrected chi connectivity index (χ4v) is 1.12. The average molecular weight is 159 g/mol. The molecule has 12 heavy (non-hydrogen) atoms. The van der Waals surface area contributed by atoms with E-state index in [9.17, 15) is 0 Å². The predicted molar refractivity (Wildman–Crippen MR) is 49.1 cm³/mol. The summed E-state index contributed by atoms with van der Waals surface area (Å²) in [6.07, 6.45) is 5.43. The first kappa shape index (κ1) is 7.03. The van der Waals surface area contributed by atoms with E-state index in [1.165, 1.54) is 0 Å². The maximum Gasteiger partial charge on any atom is 0.126 e. The third-order valence-electron chi connectivity index (χ3n) is 1.78. The van der Waals surface area contributed by atoms with Crippen molar-refractivity contribution in [2.45, 2.75) is 0 Å². The highest BCUT2D eigenvalue weighted by molar-refractivity contribution is 5.82. The van der Waals surface area contributed by atoms with E-state index in [0.717, 1.165) is 16.6 Å². The largest absolute Gasteiger partial charge is 0.373 e. The van der Waals surface area contributed by atoms with E-state index in [0.29, 0.717) is 0 Å². The monoisotopic (exact) mass is 159 g/mol. The summed E-state index contributed by atoms with van der Waals surface area (Å²) in [5.41, 5.74) is 0. The Labute approximate surface area is 70.5 Å². The third kappa shape index (κ3) is 1.09. The molecule has 0 amide bonds. The summed E-state index contributed by atoms with van der Waals surface area (Å²) >= 11 is 0. The fourth-order valence-electron chi connectivity index (χ4n) is 1.12. The Balaban J connectivity index is 2.67. The number of hydrogen-bond donors (Lipinski definition) is 1. The second-order valence-electron chi connectivity index (χ2n) is 2.54. The SMILES string of the molecule is CNc1cc2cnccc2cn1. The molecule has 60 valence electrons. The summed E-state index contributed by atoms with van der Waals surface area (Å²) in [7, 11) is 1.85. The van der Waals surface area contributed by atoms with Crippen molar-refractivity contribution < 1.29 is 0 Å². The number of nitrogens with one attached hydrogen (secondary N) is 1. The van der Waals surface area contributed by atoms with Gasteiger partial charge < -0.3 is 5.32 Å². The molecule has 0 aliphatic rings. The van der Waals surface area contributed by atoms with Gasteiger partial charge in [0.2, 0.25) is 0 Å². The molecule has 0 spiro atoms. The molecule has 0 atom stereocenters. The van der Waals surface area contributed by atoms with Crippen molar-refractivity contribution in [1.82, 2.24) is 9.97 Å². The number of anilines is 1. The molecule has 3 nitrogen and oxygen atoms in total. The molecule has 0 fully saturated rings. The molecule has 0 radical (unpaired) electrons. The molecule has 0 saturated heterocycles. The topological polar surface area (TPSA) is 37.8 Å². The van der Waals surface area contributed by atoms with Crippen molar-refractivity contribution in [3.8, 4) is 0 Å². The van der Waals surface area contributed by atoms with Gasteiger partial charge >= 0.3 is 0 Å². The minimum Gasteiger partial charge on any atom is -0.373 e. The van der Waals surface area contributed by atoms with Crippen LogP contribution in [0.15, 0.2) is 30.7 Å². The van der Waals surface area contributed by atoms with Gasteiger partial charge in [0.05, 0.1) is 0 Å². The van der Waals surface area contributed by atoms with Gasteiger partial charge in [-0.1, -0.05) is 0 Å². The summed E-state index contributed by atoms with van der Waals surface area (Å²) in [5.74, 6) is 0.871. The lowest BCUT2D eigenvalue weighted by atomic mass is 10.2. The van der Waals surface area contributed by atoms with Crippen LogP contribution in [0.5, 0.6) is 0 Å². The minimum atomic E-state index is 0.871. The van der Waals surface area contributed by atoms with Gasteiger partial charge in [-0.05, 0) is 12.1 Å². The zero-order valence-corrected chi connectivity index (χ0v) is 6.78. The lowest BCUT2D eigenvalue weighted by Crippen LogP contribution is -1.90. The first-order valence-corrected chi connectivity index (χ1v) is 3.77. The molecule has 2 rings (SSSR count). The molecule has 0 aliphatic heterocycles. The molecule has 3 heteroatoms. The van der Waals surface area contributed by atoms with Gasteiger partial charge in [0.1, 0.15) is 5.82 Å². The van der Waals surface area contributed by atoms with Crippen molar-refractivity contribution in [3.63, 3.8) is 0 Å². The van der Waals surface area contributed by atoms with Crippen LogP contribution in [0.2, 0.25) is 0 Å². The van der Waals surface area contributed by atoms with Gasteiger partial charge in [0.25, 0.3) is 0 Å². The smallest absolute Gasteiger partial charge is 0.126 e. The maximum absolute atomic E-state index is 4.19. The van der Waals surface area contributed by atoms with Crippen molar-refractivity contribution in [1.29, 1.82) is 0 Å². The van der Waals surface area contributed by atoms with Crippen LogP contribution in [0, 0.1) is 0 Å². The molecule has 0 unspecified atom stereocenters. The van der Waals surface area contributed by atoms with Crippen LogP contribution in [-0.4, -0.2) is 17.0 Å². The lowest BCUT2D eigenvalue weighted by Gasteiger charge is -1.99. The quantitative estimate of drug-likeness (QED) is 0.687. The van der Waals surface area contributed by atoms with Gasteiger partial charge in [-0.25, -0.2) is 4.98 Å². The van der Waals surface area contributed by atoms with E-state index in [-0.39, 0.29) is 0 Å². The standard InChI is InChI=1S/C9H9N3/c1-10-9-4-8-5-11-3-2-7(8)6-12-9/h2-6H,1H3,(H,10,12). The van der Waals surface area contributed by atoms with Crippen molar-refractivity contribution in [2.24, 2.45) is 0 Å².